The summed E-state index contributed by atoms with van der Waals surface area (Å²) in [6.45, 7) is 3.38. The van der Waals surface area contributed by atoms with Gasteiger partial charge in [-0.25, -0.2) is 0 Å². The standard InChI is InChI=1S/C13H25N/c1-11(12-5-6-12)9-13(10-14)7-3-2-4-8-13/h11-12H,2-10,14H2,1H3. The molecule has 0 spiro atoms. The second kappa shape index (κ2) is 4.22. The number of rotatable bonds is 4. The molecule has 14 heavy (non-hydrogen) atoms. The van der Waals surface area contributed by atoms with Crippen molar-refractivity contribution in [2.24, 2.45) is 23.0 Å². The number of nitrogens with two attached hydrogens (primary N) is 1. The second-order valence-corrected chi connectivity index (χ2v) is 5.78. The van der Waals surface area contributed by atoms with Crippen LogP contribution in [-0.4, -0.2) is 6.54 Å². The summed E-state index contributed by atoms with van der Waals surface area (Å²) in [5.41, 5.74) is 6.55. The van der Waals surface area contributed by atoms with Crippen LogP contribution in [0.15, 0.2) is 0 Å². The Morgan fingerprint density at radius 2 is 1.86 bits per heavy atom. The van der Waals surface area contributed by atoms with Crippen LogP contribution in [0.5, 0.6) is 0 Å². The number of hydrogen-bond acceptors (Lipinski definition) is 1. The van der Waals surface area contributed by atoms with Gasteiger partial charge in [-0.1, -0.05) is 26.2 Å². The molecule has 0 aromatic heterocycles. The lowest BCUT2D eigenvalue weighted by molar-refractivity contribution is 0.148. The molecule has 0 aliphatic heterocycles. The van der Waals surface area contributed by atoms with E-state index in [0.29, 0.717) is 5.41 Å². The Kier molecular flexibility index (Phi) is 3.16. The van der Waals surface area contributed by atoms with Gasteiger partial charge < -0.3 is 5.73 Å². The highest BCUT2D eigenvalue weighted by molar-refractivity contribution is 4.89. The Morgan fingerprint density at radius 3 is 2.36 bits per heavy atom. The monoisotopic (exact) mass is 195 g/mol. The minimum Gasteiger partial charge on any atom is -0.330 e. The Morgan fingerprint density at radius 1 is 1.21 bits per heavy atom. The van der Waals surface area contributed by atoms with Crippen molar-refractivity contribution in [3.8, 4) is 0 Å². The number of hydrogen-bond donors (Lipinski definition) is 1. The van der Waals surface area contributed by atoms with Crippen LogP contribution in [0.2, 0.25) is 0 Å². The minimum atomic E-state index is 0.542. The zero-order valence-corrected chi connectivity index (χ0v) is 9.60. The van der Waals surface area contributed by atoms with E-state index in [4.69, 9.17) is 5.73 Å². The fourth-order valence-corrected chi connectivity index (χ4v) is 3.31. The van der Waals surface area contributed by atoms with Crippen molar-refractivity contribution in [2.75, 3.05) is 6.54 Å². The van der Waals surface area contributed by atoms with E-state index in [9.17, 15) is 0 Å². The molecule has 0 aromatic rings. The highest BCUT2D eigenvalue weighted by Gasteiger charge is 2.36. The molecule has 2 aliphatic carbocycles. The molecule has 82 valence electrons. The molecule has 0 bridgehead atoms. The van der Waals surface area contributed by atoms with Crippen LogP contribution in [0.25, 0.3) is 0 Å². The van der Waals surface area contributed by atoms with E-state index in [1.807, 2.05) is 0 Å². The second-order valence-electron chi connectivity index (χ2n) is 5.78. The smallest absolute Gasteiger partial charge is 0.00204 e. The van der Waals surface area contributed by atoms with Gasteiger partial charge in [0.1, 0.15) is 0 Å². The quantitative estimate of drug-likeness (QED) is 0.731. The molecule has 0 heterocycles. The molecule has 2 saturated carbocycles. The van der Waals surface area contributed by atoms with Gasteiger partial charge in [-0.15, -0.1) is 0 Å². The summed E-state index contributed by atoms with van der Waals surface area (Å²) in [5, 5.41) is 0. The molecule has 1 unspecified atom stereocenters. The summed E-state index contributed by atoms with van der Waals surface area (Å²) in [5.74, 6) is 2.00. The van der Waals surface area contributed by atoms with Crippen LogP contribution >= 0.6 is 0 Å². The van der Waals surface area contributed by atoms with E-state index < -0.39 is 0 Å². The molecule has 2 N–H and O–H groups in total. The van der Waals surface area contributed by atoms with Crippen molar-refractivity contribution < 1.29 is 0 Å². The first-order valence-electron chi connectivity index (χ1n) is 6.46. The third-order valence-electron chi connectivity index (χ3n) is 4.53. The fourth-order valence-electron chi connectivity index (χ4n) is 3.31. The predicted molar refractivity (Wildman–Crippen MR) is 61.1 cm³/mol. The summed E-state index contributed by atoms with van der Waals surface area (Å²) >= 11 is 0. The minimum absolute atomic E-state index is 0.542. The first-order chi connectivity index (χ1) is 6.76. The van der Waals surface area contributed by atoms with E-state index in [0.717, 1.165) is 18.4 Å². The van der Waals surface area contributed by atoms with Crippen LogP contribution in [-0.2, 0) is 0 Å². The largest absolute Gasteiger partial charge is 0.330 e. The maximum absolute atomic E-state index is 6.01. The Bertz CT molecular complexity index is 178. The molecule has 2 rings (SSSR count). The molecule has 0 radical (unpaired) electrons. The Labute approximate surface area is 88.4 Å². The van der Waals surface area contributed by atoms with Crippen LogP contribution in [0.3, 0.4) is 0 Å². The average molecular weight is 195 g/mol. The van der Waals surface area contributed by atoms with E-state index >= 15 is 0 Å². The lowest BCUT2D eigenvalue weighted by atomic mass is 9.68. The van der Waals surface area contributed by atoms with Gasteiger partial charge in [0, 0.05) is 0 Å². The van der Waals surface area contributed by atoms with Gasteiger partial charge in [0.25, 0.3) is 0 Å². The van der Waals surface area contributed by atoms with Crippen molar-refractivity contribution in [1.29, 1.82) is 0 Å². The summed E-state index contributed by atoms with van der Waals surface area (Å²) < 4.78 is 0. The van der Waals surface area contributed by atoms with Crippen molar-refractivity contribution in [1.82, 2.24) is 0 Å². The molecule has 0 saturated heterocycles. The molecule has 2 aliphatic rings. The zero-order valence-electron chi connectivity index (χ0n) is 9.60. The van der Waals surface area contributed by atoms with Gasteiger partial charge in [-0.2, -0.15) is 0 Å². The average Bonchev–Trinajstić information content (AvgIpc) is 3.02. The summed E-state index contributed by atoms with van der Waals surface area (Å²) in [4.78, 5) is 0. The molecule has 0 aromatic carbocycles. The molecule has 0 amide bonds. The van der Waals surface area contributed by atoms with E-state index in [2.05, 4.69) is 6.92 Å². The molecule has 2 fully saturated rings. The maximum atomic E-state index is 6.01. The van der Waals surface area contributed by atoms with Crippen molar-refractivity contribution >= 4 is 0 Å². The maximum Gasteiger partial charge on any atom is -0.00204 e. The van der Waals surface area contributed by atoms with Crippen LogP contribution in [0.4, 0.5) is 0 Å². The lowest BCUT2D eigenvalue weighted by Gasteiger charge is -2.38. The highest BCUT2D eigenvalue weighted by atomic mass is 14.6. The Balaban J connectivity index is 1.89. The molecular formula is C13H25N. The summed E-state index contributed by atoms with van der Waals surface area (Å²) in [7, 11) is 0. The van der Waals surface area contributed by atoms with Crippen LogP contribution < -0.4 is 5.73 Å². The normalized spacial score (nSPS) is 28.7. The molecule has 1 atom stereocenters. The van der Waals surface area contributed by atoms with Gasteiger partial charge >= 0.3 is 0 Å². The topological polar surface area (TPSA) is 26.0 Å². The van der Waals surface area contributed by atoms with Crippen LogP contribution in [0.1, 0.15) is 58.3 Å². The predicted octanol–water partition coefficient (Wildman–Crippen LogP) is 3.33. The van der Waals surface area contributed by atoms with Crippen molar-refractivity contribution in [2.45, 2.75) is 58.3 Å². The zero-order chi connectivity index (χ0) is 10.0. The van der Waals surface area contributed by atoms with Gasteiger partial charge in [0.05, 0.1) is 0 Å². The Hall–Kier alpha value is -0.0400. The first kappa shape index (κ1) is 10.5. The van der Waals surface area contributed by atoms with Gasteiger partial charge in [0.15, 0.2) is 0 Å². The molecule has 1 nitrogen and oxygen atoms in total. The fraction of sp³-hybridized carbons (Fsp3) is 1.00. The lowest BCUT2D eigenvalue weighted by Crippen LogP contribution is -2.34. The van der Waals surface area contributed by atoms with E-state index in [-0.39, 0.29) is 0 Å². The van der Waals surface area contributed by atoms with E-state index in [1.165, 1.54) is 51.4 Å². The first-order valence-corrected chi connectivity index (χ1v) is 6.46. The third kappa shape index (κ3) is 2.31. The highest BCUT2D eigenvalue weighted by Crippen LogP contribution is 2.46. The molecular weight excluding hydrogens is 170 g/mol. The van der Waals surface area contributed by atoms with Gasteiger partial charge in [-0.3, -0.25) is 0 Å². The van der Waals surface area contributed by atoms with Crippen LogP contribution in [0, 0.1) is 17.3 Å². The molecule has 1 heteroatoms. The summed E-state index contributed by atoms with van der Waals surface area (Å²) in [6, 6.07) is 0. The van der Waals surface area contributed by atoms with Gasteiger partial charge in [0.2, 0.25) is 0 Å². The third-order valence-corrected chi connectivity index (χ3v) is 4.53. The van der Waals surface area contributed by atoms with Crippen molar-refractivity contribution in [3.63, 3.8) is 0 Å². The van der Waals surface area contributed by atoms with Crippen molar-refractivity contribution in [3.05, 3.63) is 0 Å². The SMILES string of the molecule is CC(CC1(CN)CCCCC1)C1CC1. The van der Waals surface area contributed by atoms with Gasteiger partial charge in [-0.05, 0) is 55.9 Å². The summed E-state index contributed by atoms with van der Waals surface area (Å²) in [6.07, 6.45) is 11.5. The van der Waals surface area contributed by atoms with E-state index in [1.54, 1.807) is 0 Å².